The number of hydrogen-bond acceptors (Lipinski definition) is 4. The Bertz CT molecular complexity index is 1740. The number of carbonyl (C=O) groups excluding carboxylic acids is 1. The molecule has 0 atom stereocenters. The molecule has 5 aromatic rings. The lowest BCUT2D eigenvalue weighted by Crippen LogP contribution is -2.39. The van der Waals surface area contributed by atoms with Crippen molar-refractivity contribution in [3.05, 3.63) is 93.9 Å². The Morgan fingerprint density at radius 1 is 1.05 bits per heavy atom. The normalized spacial score (nSPS) is 17.7. The number of carbonyl (C=O) groups is 1. The fraction of sp³-hybridized carbons (Fsp3) is 0.286. The van der Waals surface area contributed by atoms with Gasteiger partial charge in [0.2, 0.25) is 0 Å². The molecule has 1 aromatic carbocycles. The second-order valence-electron chi connectivity index (χ2n) is 9.83. The van der Waals surface area contributed by atoms with Gasteiger partial charge in [0, 0.05) is 31.2 Å². The van der Waals surface area contributed by atoms with E-state index in [2.05, 4.69) is 15.3 Å². The summed E-state index contributed by atoms with van der Waals surface area (Å²) in [5.74, 6) is 0.343. The molecule has 1 fully saturated rings. The Morgan fingerprint density at radius 2 is 1.82 bits per heavy atom. The average molecular weight is 551 g/mol. The third-order valence-corrected chi connectivity index (χ3v) is 7.64. The number of benzene rings is 1. The van der Waals surface area contributed by atoms with E-state index in [4.69, 9.17) is 11.6 Å². The van der Waals surface area contributed by atoms with Crippen molar-refractivity contribution in [2.75, 3.05) is 0 Å². The molecule has 11 heteroatoms. The van der Waals surface area contributed by atoms with Crippen LogP contribution in [0.4, 0.5) is 8.78 Å². The highest BCUT2D eigenvalue weighted by atomic mass is 35.5. The number of rotatable bonds is 6. The molecule has 0 spiro atoms. The minimum Gasteiger partial charge on any atom is -0.349 e. The van der Waals surface area contributed by atoms with Crippen molar-refractivity contribution < 1.29 is 13.6 Å². The van der Waals surface area contributed by atoms with Gasteiger partial charge < -0.3 is 5.32 Å². The van der Waals surface area contributed by atoms with E-state index in [1.165, 1.54) is 6.07 Å². The summed E-state index contributed by atoms with van der Waals surface area (Å²) in [6.45, 7) is 0.542. The van der Waals surface area contributed by atoms with E-state index in [1.54, 1.807) is 10.8 Å². The van der Waals surface area contributed by atoms with Crippen LogP contribution in [0.2, 0.25) is 5.02 Å². The van der Waals surface area contributed by atoms with Crippen LogP contribution in [-0.4, -0.2) is 35.5 Å². The molecule has 1 N–H and O–H groups in total. The van der Waals surface area contributed by atoms with E-state index in [0.29, 0.717) is 19.4 Å². The van der Waals surface area contributed by atoms with Crippen LogP contribution in [0.3, 0.4) is 0 Å². The first-order valence-corrected chi connectivity index (χ1v) is 13.2. The number of aromatic nitrogens is 5. The Hall–Kier alpha value is -4.05. The summed E-state index contributed by atoms with van der Waals surface area (Å²) in [5, 5.41) is 3.00. The number of fused-ring (bicyclic) bond motifs is 2. The minimum absolute atomic E-state index is 0.124. The number of alkyl halides is 2. The summed E-state index contributed by atoms with van der Waals surface area (Å²) < 4.78 is 32.1. The third kappa shape index (κ3) is 4.69. The maximum Gasteiger partial charge on any atom is 0.334 e. The van der Waals surface area contributed by atoms with Gasteiger partial charge in [-0.2, -0.15) is 0 Å². The molecule has 4 heterocycles. The molecule has 1 aliphatic rings. The summed E-state index contributed by atoms with van der Waals surface area (Å²) in [5.41, 5.74) is 1.52. The molecule has 0 aliphatic heterocycles. The maximum atomic E-state index is 13.8. The number of amides is 1. The first-order chi connectivity index (χ1) is 18.9. The number of para-hydroxylation sites is 2. The molecule has 1 amide bonds. The summed E-state index contributed by atoms with van der Waals surface area (Å²) in [6.07, 6.45) is 4.69. The number of pyridine rings is 2. The molecule has 0 radical (unpaired) electrons. The molecule has 6 rings (SSSR count). The van der Waals surface area contributed by atoms with Crippen LogP contribution in [0, 0.1) is 5.92 Å². The zero-order valence-electron chi connectivity index (χ0n) is 20.8. The molecule has 0 bridgehead atoms. The van der Waals surface area contributed by atoms with Gasteiger partial charge >= 0.3 is 5.69 Å². The molecular weight excluding hydrogens is 526 g/mol. The van der Waals surface area contributed by atoms with Gasteiger partial charge in [0.15, 0.2) is 0 Å². The summed E-state index contributed by atoms with van der Waals surface area (Å²) >= 11 is 5.90. The van der Waals surface area contributed by atoms with Crippen LogP contribution < -0.4 is 11.0 Å². The van der Waals surface area contributed by atoms with Crippen molar-refractivity contribution in [1.29, 1.82) is 0 Å². The second kappa shape index (κ2) is 10.3. The number of hydrogen-bond donors (Lipinski definition) is 1. The van der Waals surface area contributed by atoms with Crippen LogP contribution in [0.25, 0.3) is 22.5 Å². The Labute approximate surface area is 226 Å². The van der Waals surface area contributed by atoms with E-state index in [0.717, 1.165) is 41.5 Å². The van der Waals surface area contributed by atoms with Gasteiger partial charge in [-0.15, -0.1) is 0 Å². The minimum atomic E-state index is -2.88. The van der Waals surface area contributed by atoms with Gasteiger partial charge in [-0.3, -0.25) is 18.7 Å². The SMILES string of the molecule is O=C(N[C@H]1CC[C@H](Cn2c(=O)n(-c3cccc4nccn34)c3ccccc32)CC1)c1cc(Cl)cnc1C(F)F. The Morgan fingerprint density at radius 3 is 2.59 bits per heavy atom. The number of nitrogens with one attached hydrogen (secondary N) is 1. The van der Waals surface area contributed by atoms with Crippen LogP contribution in [0.15, 0.2) is 71.9 Å². The molecule has 39 heavy (non-hydrogen) atoms. The van der Waals surface area contributed by atoms with Crippen LogP contribution >= 0.6 is 11.6 Å². The van der Waals surface area contributed by atoms with Crippen molar-refractivity contribution in [3.8, 4) is 5.82 Å². The first-order valence-electron chi connectivity index (χ1n) is 12.8. The fourth-order valence-corrected chi connectivity index (χ4v) is 5.70. The highest BCUT2D eigenvalue weighted by molar-refractivity contribution is 6.30. The molecule has 200 valence electrons. The smallest absolute Gasteiger partial charge is 0.334 e. The summed E-state index contributed by atoms with van der Waals surface area (Å²) in [7, 11) is 0. The lowest BCUT2D eigenvalue weighted by Gasteiger charge is -2.29. The molecule has 1 saturated carbocycles. The zero-order valence-corrected chi connectivity index (χ0v) is 21.6. The van der Waals surface area contributed by atoms with E-state index >= 15 is 0 Å². The maximum absolute atomic E-state index is 13.8. The zero-order chi connectivity index (χ0) is 27.1. The van der Waals surface area contributed by atoms with E-state index in [-0.39, 0.29) is 28.2 Å². The Balaban J connectivity index is 1.20. The quantitative estimate of drug-likeness (QED) is 0.306. The summed E-state index contributed by atoms with van der Waals surface area (Å²) in [6, 6.07) is 14.5. The number of nitrogens with zero attached hydrogens (tertiary/aromatic N) is 5. The predicted molar refractivity (Wildman–Crippen MR) is 144 cm³/mol. The molecule has 0 unspecified atom stereocenters. The van der Waals surface area contributed by atoms with Crippen LogP contribution in [0.5, 0.6) is 0 Å². The first kappa shape index (κ1) is 25.2. The molecule has 4 aromatic heterocycles. The standard InChI is InChI=1S/C28H25ClF2N6O2/c29-18-14-20(25(26(30)31)33-15-18)27(38)34-19-10-8-17(9-11-19)16-36-21-4-1-2-5-22(21)37(28(36)39)24-7-3-6-23-32-12-13-35(23)24/h1-7,12-15,17,19,26H,8-11,16H2,(H,34,38)/t17-,19-. The van der Waals surface area contributed by atoms with Crippen molar-refractivity contribution in [1.82, 2.24) is 28.8 Å². The summed E-state index contributed by atoms with van der Waals surface area (Å²) in [4.78, 5) is 34.5. The van der Waals surface area contributed by atoms with Crippen LogP contribution in [-0.2, 0) is 6.54 Å². The van der Waals surface area contributed by atoms with E-state index in [9.17, 15) is 18.4 Å². The molecule has 8 nitrogen and oxygen atoms in total. The third-order valence-electron chi connectivity index (χ3n) is 7.43. The van der Waals surface area contributed by atoms with Crippen molar-refractivity contribution in [3.63, 3.8) is 0 Å². The monoisotopic (exact) mass is 550 g/mol. The van der Waals surface area contributed by atoms with Gasteiger partial charge in [-0.05, 0) is 61.9 Å². The molecular formula is C28H25ClF2N6O2. The lowest BCUT2D eigenvalue weighted by atomic mass is 9.85. The highest BCUT2D eigenvalue weighted by Gasteiger charge is 2.27. The largest absolute Gasteiger partial charge is 0.349 e. The number of imidazole rings is 2. The van der Waals surface area contributed by atoms with Gasteiger partial charge in [0.05, 0.1) is 21.6 Å². The lowest BCUT2D eigenvalue weighted by molar-refractivity contribution is 0.0904. The average Bonchev–Trinajstić information content (AvgIpc) is 3.52. The molecule has 0 saturated heterocycles. The van der Waals surface area contributed by atoms with Crippen molar-refractivity contribution in [2.24, 2.45) is 5.92 Å². The second-order valence-corrected chi connectivity index (χ2v) is 10.3. The van der Waals surface area contributed by atoms with Gasteiger partial charge in [-0.1, -0.05) is 29.8 Å². The Kier molecular flexibility index (Phi) is 6.64. The van der Waals surface area contributed by atoms with Gasteiger partial charge in [0.25, 0.3) is 12.3 Å². The topological polar surface area (TPSA) is 86.2 Å². The van der Waals surface area contributed by atoms with Crippen LogP contribution in [0.1, 0.15) is 48.2 Å². The fourth-order valence-electron chi connectivity index (χ4n) is 5.54. The van der Waals surface area contributed by atoms with Gasteiger partial charge in [-0.25, -0.2) is 23.1 Å². The van der Waals surface area contributed by atoms with E-state index < -0.39 is 18.0 Å². The highest BCUT2D eigenvalue weighted by Crippen LogP contribution is 2.29. The van der Waals surface area contributed by atoms with Crippen molar-refractivity contribution in [2.45, 2.75) is 44.7 Å². The predicted octanol–water partition coefficient (Wildman–Crippen LogP) is 5.41. The van der Waals surface area contributed by atoms with Gasteiger partial charge in [0.1, 0.15) is 17.2 Å². The molecule has 1 aliphatic carbocycles. The van der Waals surface area contributed by atoms with Crippen molar-refractivity contribution >= 4 is 34.2 Å². The number of halogens is 3. The van der Waals surface area contributed by atoms with E-state index in [1.807, 2.05) is 57.6 Å².